The highest BCUT2D eigenvalue weighted by Gasteiger charge is 2.47. The summed E-state index contributed by atoms with van der Waals surface area (Å²) in [5.74, 6) is 3.93. The molecule has 0 saturated heterocycles. The molecule has 2 rings (SSSR count). The van der Waals surface area contributed by atoms with Gasteiger partial charge in [-0.2, -0.15) is 24.5 Å². The molecule has 1 aromatic heterocycles. The van der Waals surface area contributed by atoms with Gasteiger partial charge in [0.05, 0.1) is 5.92 Å². The van der Waals surface area contributed by atoms with Crippen LogP contribution in [0.1, 0.15) is 37.7 Å². The minimum Gasteiger partial charge on any atom is -0.271 e. The molecule has 0 spiro atoms. The first-order valence-electron chi connectivity index (χ1n) is 7.06. The molecule has 0 amide bonds. The third kappa shape index (κ3) is 3.96. The monoisotopic (exact) mass is 306 g/mol. The summed E-state index contributed by atoms with van der Waals surface area (Å²) in [6, 6.07) is 1.75. The van der Waals surface area contributed by atoms with Gasteiger partial charge in [-0.05, 0) is 54.0 Å². The maximum absolute atomic E-state index is 13.1. The average molecular weight is 306 g/mol. The maximum atomic E-state index is 13.1. The molecule has 0 radical (unpaired) electrons. The van der Waals surface area contributed by atoms with Gasteiger partial charge in [-0.25, -0.2) is 0 Å². The highest BCUT2D eigenvalue weighted by atomic mass is 32.1. The lowest BCUT2D eigenvalue weighted by Crippen LogP contribution is -2.48. The number of hydrogen-bond acceptors (Lipinski definition) is 3. The van der Waals surface area contributed by atoms with E-state index in [1.807, 2.05) is 16.8 Å². The first kappa shape index (κ1) is 15.8. The largest absolute Gasteiger partial charge is 0.392 e. The SMILES string of the molecule is NNC(CCc1ccsc1)C1CCCCC1C(F)(F)F. The second-order valence-corrected chi connectivity index (χ2v) is 6.32. The van der Waals surface area contributed by atoms with Gasteiger partial charge in [0.1, 0.15) is 0 Å². The van der Waals surface area contributed by atoms with Gasteiger partial charge in [-0.15, -0.1) is 0 Å². The van der Waals surface area contributed by atoms with Crippen LogP contribution in [0.4, 0.5) is 13.2 Å². The fraction of sp³-hybridized carbons (Fsp3) is 0.714. The zero-order valence-electron chi connectivity index (χ0n) is 11.3. The number of nitrogens with one attached hydrogen (secondary N) is 1. The summed E-state index contributed by atoms with van der Waals surface area (Å²) in [5, 5.41) is 4.02. The fourth-order valence-electron chi connectivity index (χ4n) is 3.23. The van der Waals surface area contributed by atoms with Crippen LogP contribution in [0.3, 0.4) is 0 Å². The van der Waals surface area contributed by atoms with Crippen molar-refractivity contribution in [3.63, 3.8) is 0 Å². The van der Waals surface area contributed by atoms with Crippen LogP contribution in [0.25, 0.3) is 0 Å². The Balaban J connectivity index is 2.00. The molecular weight excluding hydrogens is 285 g/mol. The Morgan fingerprint density at radius 2 is 2.10 bits per heavy atom. The van der Waals surface area contributed by atoms with Gasteiger partial charge in [-0.3, -0.25) is 11.3 Å². The highest BCUT2D eigenvalue weighted by molar-refractivity contribution is 7.07. The van der Waals surface area contributed by atoms with Crippen molar-refractivity contribution < 1.29 is 13.2 Å². The van der Waals surface area contributed by atoms with Crippen LogP contribution in [0.2, 0.25) is 0 Å². The van der Waals surface area contributed by atoms with Crippen LogP contribution in [-0.2, 0) is 6.42 Å². The number of rotatable bonds is 5. The molecule has 3 N–H and O–H groups in total. The lowest BCUT2D eigenvalue weighted by Gasteiger charge is -2.38. The summed E-state index contributed by atoms with van der Waals surface area (Å²) in [5.41, 5.74) is 3.82. The first-order valence-corrected chi connectivity index (χ1v) is 8.00. The second-order valence-electron chi connectivity index (χ2n) is 5.54. The zero-order chi connectivity index (χ0) is 14.6. The van der Waals surface area contributed by atoms with E-state index in [0.717, 1.165) is 12.8 Å². The Kier molecular flexibility index (Phi) is 5.46. The van der Waals surface area contributed by atoms with Crippen molar-refractivity contribution >= 4 is 11.3 Å². The van der Waals surface area contributed by atoms with Gasteiger partial charge in [0.25, 0.3) is 0 Å². The highest BCUT2D eigenvalue weighted by Crippen LogP contribution is 2.43. The summed E-state index contributed by atoms with van der Waals surface area (Å²) in [6.07, 6.45) is -0.281. The van der Waals surface area contributed by atoms with Crippen LogP contribution in [-0.4, -0.2) is 12.2 Å². The maximum Gasteiger partial charge on any atom is 0.392 e. The van der Waals surface area contributed by atoms with Gasteiger partial charge in [0.15, 0.2) is 0 Å². The number of hydrogen-bond donors (Lipinski definition) is 2. The number of nitrogens with two attached hydrogens (primary N) is 1. The average Bonchev–Trinajstić information content (AvgIpc) is 2.92. The van der Waals surface area contributed by atoms with Crippen LogP contribution >= 0.6 is 11.3 Å². The van der Waals surface area contributed by atoms with Gasteiger partial charge < -0.3 is 0 Å². The first-order chi connectivity index (χ1) is 9.52. The minimum atomic E-state index is -4.11. The van der Waals surface area contributed by atoms with Gasteiger partial charge in [-0.1, -0.05) is 12.8 Å². The Morgan fingerprint density at radius 1 is 1.35 bits per heavy atom. The number of halogens is 3. The van der Waals surface area contributed by atoms with Crippen molar-refractivity contribution in [3.8, 4) is 0 Å². The smallest absolute Gasteiger partial charge is 0.271 e. The Labute approximate surface area is 121 Å². The van der Waals surface area contributed by atoms with Crippen LogP contribution in [0.5, 0.6) is 0 Å². The Morgan fingerprint density at radius 3 is 2.70 bits per heavy atom. The quantitative estimate of drug-likeness (QED) is 0.640. The molecule has 1 aliphatic rings. The van der Waals surface area contributed by atoms with Crippen LogP contribution in [0.15, 0.2) is 16.8 Å². The summed E-state index contributed by atoms with van der Waals surface area (Å²) >= 11 is 1.61. The van der Waals surface area contributed by atoms with E-state index in [4.69, 9.17) is 5.84 Å². The predicted molar refractivity (Wildman–Crippen MR) is 75.3 cm³/mol. The van der Waals surface area contributed by atoms with Crippen LogP contribution in [0, 0.1) is 11.8 Å². The van der Waals surface area contributed by atoms with E-state index in [9.17, 15) is 13.2 Å². The molecule has 3 atom stereocenters. The molecule has 6 heteroatoms. The van der Waals surface area contributed by atoms with Crippen LogP contribution < -0.4 is 11.3 Å². The molecule has 0 bridgehead atoms. The lowest BCUT2D eigenvalue weighted by molar-refractivity contribution is -0.199. The summed E-state index contributed by atoms with van der Waals surface area (Å²) < 4.78 is 39.4. The van der Waals surface area contributed by atoms with E-state index in [1.165, 1.54) is 5.56 Å². The van der Waals surface area contributed by atoms with Gasteiger partial charge in [0, 0.05) is 6.04 Å². The third-order valence-corrected chi connectivity index (χ3v) is 5.03. The number of alkyl halides is 3. The van der Waals surface area contributed by atoms with E-state index < -0.39 is 18.0 Å². The van der Waals surface area contributed by atoms with Crippen molar-refractivity contribution in [3.05, 3.63) is 22.4 Å². The molecule has 2 nitrogen and oxygen atoms in total. The van der Waals surface area contributed by atoms with Gasteiger partial charge >= 0.3 is 6.18 Å². The third-order valence-electron chi connectivity index (χ3n) is 4.29. The van der Waals surface area contributed by atoms with E-state index >= 15 is 0 Å². The molecule has 0 aromatic carbocycles. The van der Waals surface area contributed by atoms with E-state index in [-0.39, 0.29) is 12.5 Å². The topological polar surface area (TPSA) is 38.0 Å². The molecule has 1 aliphatic carbocycles. The molecule has 20 heavy (non-hydrogen) atoms. The van der Waals surface area contributed by atoms with Crippen molar-refractivity contribution in [2.45, 2.75) is 50.7 Å². The standard InChI is InChI=1S/C14H21F3N2S/c15-14(16,17)12-4-2-1-3-11(12)13(19-18)6-5-10-7-8-20-9-10/h7-9,11-13,19H,1-6,18H2. The lowest BCUT2D eigenvalue weighted by atomic mass is 9.73. The van der Waals surface area contributed by atoms with E-state index in [2.05, 4.69) is 5.43 Å². The normalized spacial score (nSPS) is 25.6. The van der Waals surface area contributed by atoms with Crippen molar-refractivity contribution in [1.82, 2.24) is 5.43 Å². The van der Waals surface area contributed by atoms with E-state index in [0.29, 0.717) is 19.3 Å². The Bertz CT molecular complexity index is 392. The number of thiophene rings is 1. The predicted octanol–water partition coefficient (Wildman–Crippen LogP) is 3.88. The summed E-state index contributed by atoms with van der Waals surface area (Å²) in [6.45, 7) is 0. The number of aryl methyl sites for hydroxylation is 1. The Hall–Kier alpha value is -0.590. The summed E-state index contributed by atoms with van der Waals surface area (Å²) in [4.78, 5) is 0. The molecule has 1 aromatic rings. The molecule has 3 unspecified atom stereocenters. The summed E-state index contributed by atoms with van der Waals surface area (Å²) in [7, 11) is 0. The van der Waals surface area contributed by atoms with Crippen molar-refractivity contribution in [2.24, 2.45) is 17.7 Å². The van der Waals surface area contributed by atoms with Gasteiger partial charge in [0.2, 0.25) is 0 Å². The fourth-order valence-corrected chi connectivity index (χ4v) is 3.93. The molecule has 0 aliphatic heterocycles. The zero-order valence-corrected chi connectivity index (χ0v) is 12.1. The molecular formula is C14H21F3N2S. The number of hydrazine groups is 1. The molecule has 1 saturated carbocycles. The van der Waals surface area contributed by atoms with E-state index in [1.54, 1.807) is 11.3 Å². The van der Waals surface area contributed by atoms with Crippen molar-refractivity contribution in [1.29, 1.82) is 0 Å². The van der Waals surface area contributed by atoms with Crippen molar-refractivity contribution in [2.75, 3.05) is 0 Å². The molecule has 1 heterocycles. The molecule has 114 valence electrons. The minimum absolute atomic E-state index is 0.241. The molecule has 1 fully saturated rings. The second kappa shape index (κ2) is 6.91.